The molecule has 1 aliphatic rings. The first-order valence-corrected chi connectivity index (χ1v) is 12.3. The Morgan fingerprint density at radius 2 is 1.76 bits per heavy atom. The van der Waals surface area contributed by atoms with E-state index in [1.807, 2.05) is 49.5 Å². The Labute approximate surface area is 216 Å². The smallest absolute Gasteiger partial charge is 0.261 e. The zero-order chi connectivity index (χ0) is 26.2. The summed E-state index contributed by atoms with van der Waals surface area (Å²) in [5, 5.41) is 3.85. The van der Waals surface area contributed by atoms with Gasteiger partial charge in [0.25, 0.3) is 17.7 Å². The molecule has 0 spiro atoms. The number of carbonyl (C=O) groups excluding carboxylic acids is 2. The lowest BCUT2D eigenvalue weighted by Gasteiger charge is -2.28. The number of benzene rings is 2. The predicted octanol–water partition coefficient (Wildman–Crippen LogP) is 2.77. The van der Waals surface area contributed by atoms with Crippen molar-refractivity contribution in [3.05, 3.63) is 59.9 Å². The molecule has 196 valence electrons. The Balaban J connectivity index is 1.55. The van der Waals surface area contributed by atoms with Gasteiger partial charge in [0.1, 0.15) is 12.4 Å². The third-order valence-corrected chi connectivity index (χ3v) is 6.23. The molecule has 10 heteroatoms. The van der Waals surface area contributed by atoms with Crippen molar-refractivity contribution < 1.29 is 23.6 Å². The number of hydrogen-bond acceptors (Lipinski definition) is 8. The van der Waals surface area contributed by atoms with Gasteiger partial charge in [0.05, 0.1) is 5.56 Å². The van der Waals surface area contributed by atoms with Gasteiger partial charge in [-0.1, -0.05) is 35.5 Å². The zero-order valence-corrected chi connectivity index (χ0v) is 21.6. The molecule has 0 saturated heterocycles. The summed E-state index contributed by atoms with van der Waals surface area (Å²) in [6, 6.07) is 15.0. The topological polar surface area (TPSA) is 101 Å². The Hall–Kier alpha value is -3.76. The molecule has 0 atom stereocenters. The van der Waals surface area contributed by atoms with Crippen LogP contribution in [0.5, 0.6) is 5.75 Å². The molecular formula is C27H33N5O5. The number of amides is 2. The second-order valence-corrected chi connectivity index (χ2v) is 9.01. The van der Waals surface area contributed by atoms with E-state index in [0.29, 0.717) is 49.2 Å². The largest absolute Gasteiger partial charge is 0.483 e. The minimum Gasteiger partial charge on any atom is -0.483 e. The van der Waals surface area contributed by atoms with Gasteiger partial charge < -0.3 is 28.7 Å². The molecule has 1 aliphatic heterocycles. The summed E-state index contributed by atoms with van der Waals surface area (Å²) in [6.07, 6.45) is 0.809. The summed E-state index contributed by atoms with van der Waals surface area (Å²) in [5.41, 5.74) is 2.32. The Morgan fingerprint density at radius 1 is 0.973 bits per heavy atom. The third kappa shape index (κ3) is 6.72. The van der Waals surface area contributed by atoms with E-state index in [2.05, 4.69) is 15.0 Å². The van der Waals surface area contributed by atoms with Gasteiger partial charge in [-0.25, -0.2) is 0 Å². The van der Waals surface area contributed by atoms with Crippen LogP contribution in [-0.2, 0) is 20.9 Å². The maximum Gasteiger partial charge on any atom is 0.261 e. The van der Waals surface area contributed by atoms with Crippen molar-refractivity contribution in [3.8, 4) is 17.2 Å². The van der Waals surface area contributed by atoms with E-state index < -0.39 is 0 Å². The molecule has 0 N–H and O–H groups in total. The summed E-state index contributed by atoms with van der Waals surface area (Å²) >= 11 is 0. The predicted molar refractivity (Wildman–Crippen MR) is 138 cm³/mol. The molecule has 2 heterocycles. The van der Waals surface area contributed by atoms with E-state index >= 15 is 0 Å². The number of methoxy groups -OCH3 is 1. The van der Waals surface area contributed by atoms with Crippen molar-refractivity contribution in [2.75, 3.05) is 58.5 Å². The molecule has 1 aromatic heterocycles. The van der Waals surface area contributed by atoms with E-state index in [0.717, 1.165) is 24.2 Å². The molecule has 0 saturated carbocycles. The number of likely N-dealkylation sites (N-methyl/N-ethyl adjacent to an activating group) is 1. The van der Waals surface area contributed by atoms with E-state index in [1.54, 1.807) is 22.8 Å². The number of aromatic nitrogens is 2. The molecule has 10 nitrogen and oxygen atoms in total. The third-order valence-electron chi connectivity index (χ3n) is 6.23. The number of anilines is 1. The first-order chi connectivity index (χ1) is 18.0. The monoisotopic (exact) mass is 507 g/mol. The highest BCUT2D eigenvalue weighted by atomic mass is 16.5. The Bertz CT molecular complexity index is 1210. The second-order valence-electron chi connectivity index (χ2n) is 9.01. The first kappa shape index (κ1) is 26.3. The maximum atomic E-state index is 13.4. The fourth-order valence-corrected chi connectivity index (χ4v) is 4.29. The summed E-state index contributed by atoms with van der Waals surface area (Å²) < 4.78 is 16.4. The highest BCUT2D eigenvalue weighted by Crippen LogP contribution is 2.29. The molecule has 0 unspecified atom stereocenters. The Kier molecular flexibility index (Phi) is 8.86. The van der Waals surface area contributed by atoms with E-state index in [-0.39, 0.29) is 25.0 Å². The quantitative estimate of drug-likeness (QED) is 0.502. The standard InChI is InChI=1S/C27H33N5O5/c1-20-28-27(37-29-20)22-10-5-7-12-24(22)36-19-25(33)31-16-15-30(2)13-8-14-32(26(34)18-35-3)23-11-6-4-9-21(23)17-31/h4-7,9-12H,8,13-19H2,1-3H3. The molecular weight excluding hydrogens is 474 g/mol. The number of carbonyl (C=O) groups is 2. The lowest BCUT2D eigenvalue weighted by atomic mass is 10.1. The zero-order valence-electron chi connectivity index (χ0n) is 21.6. The number of ether oxygens (including phenoxy) is 2. The summed E-state index contributed by atoms with van der Waals surface area (Å²) in [4.78, 5) is 36.3. The summed E-state index contributed by atoms with van der Waals surface area (Å²) in [7, 11) is 3.54. The normalized spacial score (nSPS) is 15.1. The molecule has 2 amide bonds. The van der Waals surface area contributed by atoms with Crippen LogP contribution in [0.4, 0.5) is 5.69 Å². The molecule has 4 rings (SSSR count). The lowest BCUT2D eigenvalue weighted by molar-refractivity contribution is -0.134. The summed E-state index contributed by atoms with van der Waals surface area (Å²) in [6.45, 7) is 4.56. The van der Waals surface area contributed by atoms with Crippen molar-refractivity contribution in [1.29, 1.82) is 0 Å². The van der Waals surface area contributed by atoms with Crippen LogP contribution in [0.2, 0.25) is 0 Å². The molecule has 37 heavy (non-hydrogen) atoms. The van der Waals surface area contributed by atoms with Crippen molar-refractivity contribution >= 4 is 17.5 Å². The summed E-state index contributed by atoms with van der Waals surface area (Å²) in [5.74, 6) is 1.09. The van der Waals surface area contributed by atoms with Crippen molar-refractivity contribution in [2.45, 2.75) is 19.9 Å². The first-order valence-electron chi connectivity index (χ1n) is 12.3. The van der Waals surface area contributed by atoms with Crippen LogP contribution in [0.1, 0.15) is 17.8 Å². The number of hydrogen-bond donors (Lipinski definition) is 0. The SMILES string of the molecule is COCC(=O)N1CCCN(C)CCN(C(=O)COc2ccccc2-c2nc(C)no2)Cc2ccccc21. The van der Waals surface area contributed by atoms with Crippen molar-refractivity contribution in [3.63, 3.8) is 0 Å². The Morgan fingerprint density at radius 3 is 2.54 bits per heavy atom. The molecule has 2 aromatic carbocycles. The van der Waals surface area contributed by atoms with Crippen LogP contribution in [0, 0.1) is 6.92 Å². The molecule has 3 aromatic rings. The minimum atomic E-state index is -0.159. The van der Waals surface area contributed by atoms with Gasteiger partial charge in [-0.3, -0.25) is 9.59 Å². The van der Waals surface area contributed by atoms with Crippen molar-refractivity contribution in [1.82, 2.24) is 19.9 Å². The molecule has 0 aliphatic carbocycles. The van der Waals surface area contributed by atoms with Gasteiger partial charge >= 0.3 is 0 Å². The molecule has 0 radical (unpaired) electrons. The van der Waals surface area contributed by atoms with Crippen molar-refractivity contribution in [2.24, 2.45) is 0 Å². The van der Waals surface area contributed by atoms with Crippen LogP contribution in [-0.4, -0.2) is 85.3 Å². The minimum absolute atomic E-state index is 0.000359. The highest BCUT2D eigenvalue weighted by molar-refractivity contribution is 5.95. The van der Waals surface area contributed by atoms with Gasteiger partial charge in [0.2, 0.25) is 0 Å². The van der Waals surface area contributed by atoms with Gasteiger partial charge in [0.15, 0.2) is 12.4 Å². The number of rotatable bonds is 6. The van der Waals surface area contributed by atoms with Crippen LogP contribution in [0.15, 0.2) is 53.1 Å². The van der Waals surface area contributed by atoms with Crippen LogP contribution in [0.3, 0.4) is 0 Å². The van der Waals surface area contributed by atoms with E-state index in [9.17, 15) is 9.59 Å². The maximum absolute atomic E-state index is 13.4. The number of fused-ring (bicyclic) bond motifs is 1. The highest BCUT2D eigenvalue weighted by Gasteiger charge is 2.23. The molecule has 0 fully saturated rings. The van der Waals surface area contributed by atoms with Crippen LogP contribution in [0.25, 0.3) is 11.5 Å². The van der Waals surface area contributed by atoms with Gasteiger partial charge in [-0.05, 0) is 50.7 Å². The van der Waals surface area contributed by atoms with E-state index in [4.69, 9.17) is 14.0 Å². The fraction of sp³-hybridized carbons (Fsp3) is 0.407. The van der Waals surface area contributed by atoms with Gasteiger partial charge in [-0.15, -0.1) is 0 Å². The second kappa shape index (κ2) is 12.5. The molecule has 0 bridgehead atoms. The van der Waals surface area contributed by atoms with Crippen LogP contribution >= 0.6 is 0 Å². The number of nitrogens with zero attached hydrogens (tertiary/aromatic N) is 5. The fourth-order valence-electron chi connectivity index (χ4n) is 4.29. The number of aryl methyl sites for hydroxylation is 1. The van der Waals surface area contributed by atoms with Gasteiger partial charge in [-0.2, -0.15) is 4.98 Å². The lowest BCUT2D eigenvalue weighted by Crippen LogP contribution is -2.39. The number of para-hydroxylation sites is 2. The van der Waals surface area contributed by atoms with Gasteiger partial charge in [0, 0.05) is 39.0 Å². The average molecular weight is 508 g/mol. The van der Waals surface area contributed by atoms with E-state index in [1.165, 1.54) is 7.11 Å². The van der Waals surface area contributed by atoms with Crippen LogP contribution < -0.4 is 9.64 Å². The average Bonchev–Trinajstić information content (AvgIpc) is 3.33.